The first-order valence-electron chi connectivity index (χ1n) is 9.63. The van der Waals surface area contributed by atoms with Gasteiger partial charge in [-0.2, -0.15) is 4.98 Å². The fraction of sp³-hybridized carbons (Fsp3) is 0.227. The molecule has 0 aliphatic carbocycles. The number of rotatable bonds is 7. The Morgan fingerprint density at radius 1 is 1.26 bits per heavy atom. The van der Waals surface area contributed by atoms with Gasteiger partial charge in [-0.05, 0) is 56.7 Å². The third kappa shape index (κ3) is 4.54. The van der Waals surface area contributed by atoms with E-state index in [0.717, 1.165) is 0 Å². The Hall–Kier alpha value is -3.39. The summed E-state index contributed by atoms with van der Waals surface area (Å²) in [5.74, 6) is -0.382. The third-order valence-corrected chi connectivity index (χ3v) is 4.87. The van der Waals surface area contributed by atoms with E-state index in [1.54, 1.807) is 30.3 Å². The summed E-state index contributed by atoms with van der Waals surface area (Å²) in [7, 11) is 0. The second-order valence-corrected chi connectivity index (χ2v) is 7.75. The smallest absolute Gasteiger partial charge is 0.303 e. The van der Waals surface area contributed by atoms with Crippen molar-refractivity contribution in [2.75, 3.05) is 0 Å². The molecule has 0 atom stereocenters. The minimum atomic E-state index is -0.914. The molecule has 2 N–H and O–H groups in total. The number of aryl methyl sites for hydroxylation is 1. The second kappa shape index (κ2) is 8.39. The normalized spacial score (nSPS) is 11.4. The Labute approximate surface area is 181 Å². The molecule has 0 unspecified atom stereocenters. The summed E-state index contributed by atoms with van der Waals surface area (Å²) in [4.78, 5) is 18.1. The van der Waals surface area contributed by atoms with E-state index in [0.29, 0.717) is 38.5 Å². The molecule has 0 radical (unpaired) electrons. The number of fused-ring (bicyclic) bond motifs is 1. The predicted molar refractivity (Wildman–Crippen MR) is 114 cm³/mol. The number of aromatic nitrogens is 3. The van der Waals surface area contributed by atoms with E-state index >= 15 is 0 Å². The van der Waals surface area contributed by atoms with Crippen molar-refractivity contribution in [3.8, 4) is 28.6 Å². The van der Waals surface area contributed by atoms with Gasteiger partial charge in [0.2, 0.25) is 5.82 Å². The van der Waals surface area contributed by atoms with Gasteiger partial charge >= 0.3 is 5.97 Å². The summed E-state index contributed by atoms with van der Waals surface area (Å²) in [6.07, 6.45) is 0.225. The highest BCUT2D eigenvalue weighted by molar-refractivity contribution is 6.32. The maximum absolute atomic E-state index is 14.6. The van der Waals surface area contributed by atoms with Crippen LogP contribution in [0.3, 0.4) is 0 Å². The fourth-order valence-corrected chi connectivity index (χ4v) is 3.43. The van der Waals surface area contributed by atoms with Crippen molar-refractivity contribution in [1.82, 2.24) is 15.1 Å². The number of carboxylic acids is 1. The zero-order valence-electron chi connectivity index (χ0n) is 16.8. The van der Waals surface area contributed by atoms with Crippen LogP contribution in [0.1, 0.15) is 26.0 Å². The van der Waals surface area contributed by atoms with Gasteiger partial charge in [0.25, 0.3) is 5.89 Å². The van der Waals surface area contributed by atoms with E-state index in [1.165, 1.54) is 6.07 Å². The molecule has 0 saturated heterocycles. The van der Waals surface area contributed by atoms with E-state index in [4.69, 9.17) is 26.0 Å². The molecular formula is C22H19ClFN3O4. The lowest BCUT2D eigenvalue weighted by molar-refractivity contribution is -0.136. The average Bonchev–Trinajstić information content (AvgIpc) is 3.35. The molecule has 0 aliphatic rings. The number of carbonyl (C=O) groups is 1. The Balaban J connectivity index is 1.62. The second-order valence-electron chi connectivity index (χ2n) is 7.35. The quantitative estimate of drug-likeness (QED) is 0.392. The van der Waals surface area contributed by atoms with Gasteiger partial charge in [0.05, 0.1) is 23.1 Å². The third-order valence-electron chi connectivity index (χ3n) is 4.57. The number of carboxylic acid groups (broad SMARTS) is 1. The van der Waals surface area contributed by atoms with Crippen LogP contribution in [-0.2, 0) is 11.2 Å². The number of hydrogen-bond donors (Lipinski definition) is 2. The van der Waals surface area contributed by atoms with E-state index in [2.05, 4.69) is 15.1 Å². The van der Waals surface area contributed by atoms with Crippen molar-refractivity contribution in [2.24, 2.45) is 0 Å². The predicted octanol–water partition coefficient (Wildman–Crippen LogP) is 5.48. The van der Waals surface area contributed by atoms with E-state index in [9.17, 15) is 9.18 Å². The van der Waals surface area contributed by atoms with Crippen LogP contribution < -0.4 is 4.74 Å². The van der Waals surface area contributed by atoms with Crippen molar-refractivity contribution < 1.29 is 23.6 Å². The van der Waals surface area contributed by atoms with Crippen molar-refractivity contribution >= 4 is 28.5 Å². The van der Waals surface area contributed by atoms with Crippen LogP contribution in [0.2, 0.25) is 5.02 Å². The van der Waals surface area contributed by atoms with Gasteiger partial charge in [0.1, 0.15) is 11.6 Å². The molecule has 4 aromatic rings. The van der Waals surface area contributed by atoms with Crippen LogP contribution in [0.4, 0.5) is 4.39 Å². The van der Waals surface area contributed by atoms with Gasteiger partial charge in [0, 0.05) is 22.2 Å². The van der Waals surface area contributed by atoms with Gasteiger partial charge in [-0.25, -0.2) is 4.39 Å². The number of H-pyrrole nitrogens is 1. The topological polar surface area (TPSA) is 101 Å². The van der Waals surface area contributed by atoms with E-state index < -0.39 is 11.8 Å². The van der Waals surface area contributed by atoms with Crippen molar-refractivity contribution in [2.45, 2.75) is 32.8 Å². The lowest BCUT2D eigenvalue weighted by atomic mass is 10.1. The maximum Gasteiger partial charge on any atom is 0.303 e. The van der Waals surface area contributed by atoms with Crippen molar-refractivity contribution in [3.63, 3.8) is 0 Å². The molecule has 2 aromatic carbocycles. The SMILES string of the molecule is CC(C)Oc1ccc(-c2nc(-c3cc(F)c4[nH]c(CCC(=O)O)cc4c3)no2)cc1Cl. The molecule has 0 saturated carbocycles. The van der Waals surface area contributed by atoms with Gasteiger partial charge < -0.3 is 19.4 Å². The molecule has 160 valence electrons. The van der Waals surface area contributed by atoms with Gasteiger partial charge in [-0.3, -0.25) is 4.79 Å². The molecule has 2 aromatic heterocycles. The molecule has 0 bridgehead atoms. The van der Waals surface area contributed by atoms with Crippen molar-refractivity contribution in [1.29, 1.82) is 0 Å². The number of hydrogen-bond acceptors (Lipinski definition) is 5. The first kappa shape index (κ1) is 20.9. The Morgan fingerprint density at radius 2 is 2.06 bits per heavy atom. The average molecular weight is 444 g/mol. The molecule has 0 fully saturated rings. The number of aromatic amines is 1. The summed E-state index contributed by atoms with van der Waals surface area (Å²) < 4.78 is 25.6. The number of ether oxygens (including phenoxy) is 1. The molecule has 31 heavy (non-hydrogen) atoms. The minimum absolute atomic E-state index is 0.0127. The minimum Gasteiger partial charge on any atom is -0.489 e. The summed E-state index contributed by atoms with van der Waals surface area (Å²) in [5, 5.41) is 13.8. The molecule has 0 spiro atoms. The molecule has 7 nitrogen and oxygen atoms in total. The zero-order valence-corrected chi connectivity index (χ0v) is 17.5. The number of nitrogens with one attached hydrogen (secondary N) is 1. The Bertz CT molecular complexity index is 1270. The van der Waals surface area contributed by atoms with Crippen LogP contribution in [0.25, 0.3) is 33.7 Å². The molecule has 4 rings (SSSR count). The van der Waals surface area contributed by atoms with Gasteiger partial charge in [0.15, 0.2) is 0 Å². The highest BCUT2D eigenvalue weighted by Gasteiger charge is 2.16. The lowest BCUT2D eigenvalue weighted by Gasteiger charge is -2.11. The lowest BCUT2D eigenvalue weighted by Crippen LogP contribution is -2.05. The van der Waals surface area contributed by atoms with E-state index in [-0.39, 0.29) is 30.7 Å². The number of aliphatic carboxylic acids is 1. The molecule has 0 aliphatic heterocycles. The van der Waals surface area contributed by atoms with Crippen molar-refractivity contribution in [3.05, 3.63) is 52.9 Å². The monoisotopic (exact) mass is 443 g/mol. The largest absolute Gasteiger partial charge is 0.489 e. The Kier molecular flexibility index (Phi) is 5.65. The molecule has 9 heteroatoms. The van der Waals surface area contributed by atoms with Crippen LogP contribution >= 0.6 is 11.6 Å². The fourth-order valence-electron chi connectivity index (χ4n) is 3.20. The first-order chi connectivity index (χ1) is 14.8. The Morgan fingerprint density at radius 3 is 2.77 bits per heavy atom. The molecular weight excluding hydrogens is 425 g/mol. The number of nitrogens with zero attached hydrogens (tertiary/aromatic N) is 2. The highest BCUT2D eigenvalue weighted by atomic mass is 35.5. The van der Waals surface area contributed by atoms with Crippen LogP contribution in [0.15, 0.2) is 40.9 Å². The standard InChI is InChI=1S/C22H19ClFN3O4/c1-11(2)30-18-5-3-12(9-16(18)23)22-26-21(27-31-22)14-7-13-8-15(4-6-19(28)29)25-20(13)17(24)10-14/h3,5,7-11,25H,4,6H2,1-2H3,(H,28,29). The summed E-state index contributed by atoms with van der Waals surface area (Å²) in [5.41, 5.74) is 2.00. The molecule has 0 amide bonds. The van der Waals surface area contributed by atoms with Crippen LogP contribution in [0, 0.1) is 5.82 Å². The number of benzene rings is 2. The van der Waals surface area contributed by atoms with E-state index in [1.807, 2.05) is 13.8 Å². The zero-order chi connectivity index (χ0) is 22.1. The summed E-state index contributed by atoms with van der Waals surface area (Å²) >= 11 is 6.28. The summed E-state index contributed by atoms with van der Waals surface area (Å²) in [6, 6.07) is 9.90. The maximum atomic E-state index is 14.6. The van der Waals surface area contributed by atoms with Gasteiger partial charge in [-0.1, -0.05) is 16.8 Å². The van der Waals surface area contributed by atoms with Crippen LogP contribution in [-0.4, -0.2) is 32.3 Å². The summed E-state index contributed by atoms with van der Waals surface area (Å²) in [6.45, 7) is 3.81. The van der Waals surface area contributed by atoms with Crippen LogP contribution in [0.5, 0.6) is 5.75 Å². The number of halogens is 2. The van der Waals surface area contributed by atoms with Gasteiger partial charge in [-0.15, -0.1) is 0 Å². The molecule has 2 heterocycles. The highest BCUT2D eigenvalue weighted by Crippen LogP contribution is 2.32. The first-order valence-corrected chi connectivity index (χ1v) is 10.0.